The van der Waals surface area contributed by atoms with Crippen molar-refractivity contribution in [3.63, 3.8) is 0 Å². The minimum Gasteiger partial charge on any atom is -0.368 e. The van der Waals surface area contributed by atoms with Crippen LogP contribution >= 0.6 is 0 Å². The molecule has 0 saturated heterocycles. The largest absolute Gasteiger partial charge is 0.368 e. The highest BCUT2D eigenvalue weighted by Gasteiger charge is 2.28. The lowest BCUT2D eigenvalue weighted by molar-refractivity contribution is -0.108. The highest BCUT2D eigenvalue weighted by Crippen LogP contribution is 2.38. The summed E-state index contributed by atoms with van der Waals surface area (Å²) >= 11 is 0. The standard InChI is InChI=1S/C13H17NO/c1-10(2)14-9-11(7-8-15)12-5-3-4-6-13(12)14/h3-6,8,10-11H,7,9H2,1-2H3. The van der Waals surface area contributed by atoms with E-state index in [4.69, 9.17) is 0 Å². The molecule has 1 aliphatic rings. The summed E-state index contributed by atoms with van der Waals surface area (Å²) < 4.78 is 0. The molecule has 0 fully saturated rings. The molecule has 2 rings (SSSR count). The van der Waals surface area contributed by atoms with Crippen LogP contribution in [0, 0.1) is 0 Å². The van der Waals surface area contributed by atoms with Crippen LogP contribution in [0.4, 0.5) is 5.69 Å². The number of carbonyl (C=O) groups excluding carboxylic acids is 1. The summed E-state index contributed by atoms with van der Waals surface area (Å²) in [7, 11) is 0. The zero-order valence-electron chi connectivity index (χ0n) is 9.31. The minimum absolute atomic E-state index is 0.390. The van der Waals surface area contributed by atoms with E-state index in [0.29, 0.717) is 18.4 Å². The van der Waals surface area contributed by atoms with E-state index in [2.05, 4.69) is 43.0 Å². The summed E-state index contributed by atoms with van der Waals surface area (Å²) in [5.74, 6) is 0.390. The molecule has 0 N–H and O–H groups in total. The number of rotatable bonds is 3. The van der Waals surface area contributed by atoms with Gasteiger partial charge in [0.25, 0.3) is 0 Å². The van der Waals surface area contributed by atoms with Gasteiger partial charge in [0.15, 0.2) is 0 Å². The third-order valence-corrected chi connectivity index (χ3v) is 3.11. The molecule has 0 aliphatic carbocycles. The number of hydrogen-bond donors (Lipinski definition) is 0. The molecule has 0 bridgehead atoms. The van der Waals surface area contributed by atoms with Crippen LogP contribution in [0.2, 0.25) is 0 Å². The summed E-state index contributed by atoms with van der Waals surface area (Å²) in [5.41, 5.74) is 2.64. The van der Waals surface area contributed by atoms with E-state index in [1.165, 1.54) is 11.3 Å². The maximum atomic E-state index is 10.6. The summed E-state index contributed by atoms with van der Waals surface area (Å²) in [5, 5.41) is 0. The van der Waals surface area contributed by atoms with Gasteiger partial charge >= 0.3 is 0 Å². The Kier molecular flexibility index (Phi) is 2.76. The fourth-order valence-electron chi connectivity index (χ4n) is 2.34. The van der Waals surface area contributed by atoms with Gasteiger partial charge in [-0.15, -0.1) is 0 Å². The Morgan fingerprint density at radius 3 is 2.87 bits per heavy atom. The Labute approximate surface area is 90.9 Å². The fraction of sp³-hybridized carbons (Fsp3) is 0.462. The maximum absolute atomic E-state index is 10.6. The topological polar surface area (TPSA) is 20.3 Å². The number of nitrogens with zero attached hydrogens (tertiary/aromatic N) is 1. The average Bonchev–Trinajstić information content (AvgIpc) is 2.59. The number of benzene rings is 1. The Hall–Kier alpha value is -1.31. The summed E-state index contributed by atoms with van der Waals surface area (Å²) in [4.78, 5) is 13.0. The maximum Gasteiger partial charge on any atom is 0.120 e. The smallest absolute Gasteiger partial charge is 0.120 e. The third kappa shape index (κ3) is 1.76. The molecule has 1 aliphatic heterocycles. The molecule has 0 aromatic heterocycles. The molecule has 1 heterocycles. The molecule has 15 heavy (non-hydrogen) atoms. The van der Waals surface area contributed by atoms with Crippen LogP contribution in [-0.4, -0.2) is 18.9 Å². The first kappa shape index (κ1) is 10.2. The molecule has 0 spiro atoms. The molecule has 0 radical (unpaired) electrons. The van der Waals surface area contributed by atoms with Gasteiger partial charge in [0.05, 0.1) is 0 Å². The molecule has 1 unspecified atom stereocenters. The molecule has 2 heteroatoms. The van der Waals surface area contributed by atoms with Crippen LogP contribution in [0.25, 0.3) is 0 Å². The first-order valence-electron chi connectivity index (χ1n) is 5.53. The van der Waals surface area contributed by atoms with Gasteiger partial charge in [0, 0.05) is 30.6 Å². The van der Waals surface area contributed by atoms with E-state index in [1.54, 1.807) is 0 Å². The second kappa shape index (κ2) is 4.05. The normalized spacial score (nSPS) is 19.4. The lowest BCUT2D eigenvalue weighted by Gasteiger charge is -2.24. The highest BCUT2D eigenvalue weighted by atomic mass is 16.1. The van der Waals surface area contributed by atoms with Crippen LogP contribution in [-0.2, 0) is 4.79 Å². The van der Waals surface area contributed by atoms with Gasteiger partial charge in [-0.05, 0) is 25.5 Å². The Bertz CT molecular complexity index is 359. The van der Waals surface area contributed by atoms with Gasteiger partial charge in [0.1, 0.15) is 6.29 Å². The van der Waals surface area contributed by atoms with E-state index in [9.17, 15) is 4.79 Å². The molecule has 1 aromatic carbocycles. The molecular weight excluding hydrogens is 186 g/mol. The molecule has 0 saturated carbocycles. The zero-order chi connectivity index (χ0) is 10.8. The number of fused-ring (bicyclic) bond motifs is 1. The number of anilines is 1. The number of aldehydes is 1. The first-order valence-corrected chi connectivity index (χ1v) is 5.53. The van der Waals surface area contributed by atoms with E-state index >= 15 is 0 Å². The highest BCUT2D eigenvalue weighted by molar-refractivity contribution is 5.64. The quantitative estimate of drug-likeness (QED) is 0.704. The van der Waals surface area contributed by atoms with Gasteiger partial charge in [-0.1, -0.05) is 18.2 Å². The van der Waals surface area contributed by atoms with Crippen molar-refractivity contribution in [3.8, 4) is 0 Å². The Morgan fingerprint density at radius 1 is 1.47 bits per heavy atom. The lowest BCUT2D eigenvalue weighted by atomic mass is 9.99. The van der Waals surface area contributed by atoms with Crippen LogP contribution < -0.4 is 4.90 Å². The third-order valence-electron chi connectivity index (χ3n) is 3.11. The first-order chi connectivity index (χ1) is 7.24. The predicted octanol–water partition coefficient (Wildman–Crippen LogP) is 2.59. The fourth-order valence-corrected chi connectivity index (χ4v) is 2.34. The van der Waals surface area contributed by atoms with Gasteiger partial charge < -0.3 is 9.69 Å². The number of hydrogen-bond acceptors (Lipinski definition) is 2. The molecule has 0 amide bonds. The second-order valence-corrected chi connectivity index (χ2v) is 4.40. The summed E-state index contributed by atoms with van der Waals surface area (Å²) in [6.45, 7) is 5.37. The molecular formula is C13H17NO. The van der Waals surface area contributed by atoms with Crippen molar-refractivity contribution < 1.29 is 4.79 Å². The SMILES string of the molecule is CC(C)N1CC(CC=O)c2ccccc21. The average molecular weight is 203 g/mol. The van der Waals surface area contributed by atoms with Gasteiger partial charge in [0.2, 0.25) is 0 Å². The van der Waals surface area contributed by atoms with E-state index in [0.717, 1.165) is 12.8 Å². The van der Waals surface area contributed by atoms with Crippen molar-refractivity contribution in [2.75, 3.05) is 11.4 Å². The Morgan fingerprint density at radius 2 is 2.20 bits per heavy atom. The predicted molar refractivity (Wildman–Crippen MR) is 62.3 cm³/mol. The second-order valence-electron chi connectivity index (χ2n) is 4.40. The van der Waals surface area contributed by atoms with Gasteiger partial charge in [-0.3, -0.25) is 0 Å². The molecule has 80 valence electrons. The van der Waals surface area contributed by atoms with Crippen molar-refractivity contribution in [1.82, 2.24) is 0 Å². The van der Waals surface area contributed by atoms with Crippen LogP contribution in [0.1, 0.15) is 31.7 Å². The van der Waals surface area contributed by atoms with Crippen molar-refractivity contribution in [2.24, 2.45) is 0 Å². The van der Waals surface area contributed by atoms with Crippen LogP contribution in [0.15, 0.2) is 24.3 Å². The van der Waals surface area contributed by atoms with Crippen LogP contribution in [0.5, 0.6) is 0 Å². The van der Waals surface area contributed by atoms with E-state index in [-0.39, 0.29) is 0 Å². The monoisotopic (exact) mass is 203 g/mol. The van der Waals surface area contributed by atoms with E-state index < -0.39 is 0 Å². The number of carbonyl (C=O) groups is 1. The van der Waals surface area contributed by atoms with Crippen molar-refractivity contribution in [1.29, 1.82) is 0 Å². The molecule has 1 aromatic rings. The lowest BCUT2D eigenvalue weighted by Crippen LogP contribution is -2.29. The van der Waals surface area contributed by atoms with Crippen molar-refractivity contribution in [2.45, 2.75) is 32.2 Å². The molecule has 2 nitrogen and oxygen atoms in total. The van der Waals surface area contributed by atoms with Gasteiger partial charge in [-0.2, -0.15) is 0 Å². The molecule has 1 atom stereocenters. The van der Waals surface area contributed by atoms with Crippen molar-refractivity contribution >= 4 is 12.0 Å². The Balaban J connectivity index is 2.34. The summed E-state index contributed by atoms with van der Waals surface area (Å²) in [6.07, 6.45) is 1.67. The zero-order valence-corrected chi connectivity index (χ0v) is 9.31. The number of para-hydroxylation sites is 1. The van der Waals surface area contributed by atoms with Crippen LogP contribution in [0.3, 0.4) is 0 Å². The minimum atomic E-state index is 0.390. The summed E-state index contributed by atoms with van der Waals surface area (Å²) in [6, 6.07) is 8.92. The van der Waals surface area contributed by atoms with Gasteiger partial charge in [-0.25, -0.2) is 0 Å². The van der Waals surface area contributed by atoms with E-state index in [1.807, 2.05) is 0 Å². The van der Waals surface area contributed by atoms with Crippen molar-refractivity contribution in [3.05, 3.63) is 29.8 Å².